The number of benzene rings is 2. The highest BCUT2D eigenvalue weighted by atomic mass is 16.1. The zero-order valence-corrected chi connectivity index (χ0v) is 14.9. The Morgan fingerprint density at radius 1 is 0.800 bits per heavy atom. The molecule has 0 aliphatic carbocycles. The van der Waals surface area contributed by atoms with Gasteiger partial charge in [-0.2, -0.15) is 5.26 Å². The van der Waals surface area contributed by atoms with E-state index in [1.165, 1.54) is 5.56 Å². The quantitative estimate of drug-likeness (QED) is 0.733. The third kappa shape index (κ3) is 3.12. The first-order valence-corrected chi connectivity index (χ1v) is 8.23. The molecule has 0 atom stereocenters. The highest BCUT2D eigenvalue weighted by Gasteiger charge is 2.15. The van der Waals surface area contributed by atoms with Gasteiger partial charge in [0.25, 0.3) is 5.56 Å². The van der Waals surface area contributed by atoms with Gasteiger partial charge in [-0.15, -0.1) is 0 Å². The van der Waals surface area contributed by atoms with Gasteiger partial charge in [-0.25, -0.2) is 0 Å². The molecule has 3 nitrogen and oxygen atoms in total. The van der Waals surface area contributed by atoms with Crippen molar-refractivity contribution in [1.29, 1.82) is 5.26 Å². The van der Waals surface area contributed by atoms with Crippen LogP contribution in [0.4, 0.5) is 0 Å². The molecule has 0 amide bonds. The summed E-state index contributed by atoms with van der Waals surface area (Å²) in [6.45, 7) is 8.07. The number of nitrogens with one attached hydrogen (secondary N) is 1. The number of hydrogen-bond acceptors (Lipinski definition) is 2. The normalized spacial score (nSPS) is 10.5. The molecule has 25 heavy (non-hydrogen) atoms. The van der Waals surface area contributed by atoms with Crippen molar-refractivity contribution in [2.75, 3.05) is 0 Å². The highest BCUT2D eigenvalue weighted by Crippen LogP contribution is 2.30. The van der Waals surface area contributed by atoms with Crippen LogP contribution in [0.25, 0.3) is 22.4 Å². The van der Waals surface area contributed by atoms with E-state index in [1.807, 2.05) is 64.1 Å². The first kappa shape index (κ1) is 16.7. The molecule has 0 bridgehead atoms. The van der Waals surface area contributed by atoms with E-state index in [2.05, 4.69) is 17.1 Å². The maximum Gasteiger partial charge on any atom is 0.266 e. The standard InChI is InChI=1S/C22H20N2O/c1-13-6-8-17(16(4)9-13)21-11-19(20(12-23)22(25)24-21)18-10-14(2)5-7-15(18)3/h5-11H,1-4H3,(H,24,25). The van der Waals surface area contributed by atoms with Crippen LogP contribution in [0.15, 0.2) is 47.3 Å². The summed E-state index contributed by atoms with van der Waals surface area (Å²) in [5.74, 6) is 0. The minimum atomic E-state index is -0.351. The van der Waals surface area contributed by atoms with Crippen LogP contribution in [0.5, 0.6) is 0 Å². The third-order valence-corrected chi connectivity index (χ3v) is 4.50. The van der Waals surface area contributed by atoms with Gasteiger partial charge in [-0.1, -0.05) is 47.5 Å². The van der Waals surface area contributed by atoms with Crippen molar-refractivity contribution < 1.29 is 0 Å². The third-order valence-electron chi connectivity index (χ3n) is 4.50. The molecule has 0 unspecified atom stereocenters. The van der Waals surface area contributed by atoms with Crippen molar-refractivity contribution >= 4 is 0 Å². The molecule has 3 rings (SSSR count). The minimum Gasteiger partial charge on any atom is -0.321 e. The predicted molar refractivity (Wildman–Crippen MR) is 102 cm³/mol. The molecule has 0 spiro atoms. The SMILES string of the molecule is Cc1ccc(-c2cc(-c3cc(C)ccc3C)c(C#N)c(=O)[nH]2)c(C)c1. The highest BCUT2D eigenvalue weighted by molar-refractivity contribution is 5.78. The summed E-state index contributed by atoms with van der Waals surface area (Å²) in [6, 6.07) is 16.2. The maximum atomic E-state index is 12.5. The minimum absolute atomic E-state index is 0.155. The fourth-order valence-corrected chi connectivity index (χ4v) is 3.17. The molecule has 1 heterocycles. The van der Waals surface area contributed by atoms with Crippen LogP contribution in [0.3, 0.4) is 0 Å². The second-order valence-electron chi connectivity index (χ2n) is 6.55. The Hall–Kier alpha value is -3.12. The Bertz CT molecular complexity index is 1070. The molecule has 3 heteroatoms. The zero-order valence-electron chi connectivity index (χ0n) is 14.9. The number of nitrogens with zero attached hydrogens (tertiary/aromatic N) is 1. The van der Waals surface area contributed by atoms with Crippen molar-refractivity contribution in [2.24, 2.45) is 0 Å². The van der Waals surface area contributed by atoms with Gasteiger partial charge in [0.1, 0.15) is 11.6 Å². The Morgan fingerprint density at radius 3 is 2.16 bits per heavy atom. The molecule has 3 aromatic rings. The lowest BCUT2D eigenvalue weighted by Gasteiger charge is -2.13. The zero-order chi connectivity index (χ0) is 18.1. The van der Waals surface area contributed by atoms with Crippen molar-refractivity contribution in [2.45, 2.75) is 27.7 Å². The van der Waals surface area contributed by atoms with Crippen LogP contribution < -0.4 is 5.56 Å². The topological polar surface area (TPSA) is 56.6 Å². The van der Waals surface area contributed by atoms with E-state index < -0.39 is 0 Å². The van der Waals surface area contributed by atoms with E-state index in [-0.39, 0.29) is 11.1 Å². The van der Waals surface area contributed by atoms with Gasteiger partial charge in [-0.3, -0.25) is 4.79 Å². The molecule has 2 aromatic carbocycles. The van der Waals surface area contributed by atoms with Crippen molar-refractivity contribution in [3.63, 3.8) is 0 Å². The van der Waals surface area contributed by atoms with E-state index in [9.17, 15) is 10.1 Å². The fraction of sp³-hybridized carbons (Fsp3) is 0.182. The molecule has 1 N–H and O–H groups in total. The van der Waals surface area contributed by atoms with E-state index in [4.69, 9.17) is 0 Å². The lowest BCUT2D eigenvalue weighted by Crippen LogP contribution is -2.13. The smallest absolute Gasteiger partial charge is 0.266 e. The van der Waals surface area contributed by atoms with Crippen LogP contribution in [-0.2, 0) is 0 Å². The summed E-state index contributed by atoms with van der Waals surface area (Å²) >= 11 is 0. The van der Waals surface area contributed by atoms with Crippen molar-refractivity contribution in [3.05, 3.63) is 80.6 Å². The molecule has 0 radical (unpaired) electrons. The Labute approximate surface area is 147 Å². The molecule has 0 saturated heterocycles. The number of H-pyrrole nitrogens is 1. The molecule has 0 aliphatic heterocycles. The van der Waals surface area contributed by atoms with Gasteiger partial charge in [-0.05, 0) is 50.5 Å². The second-order valence-corrected chi connectivity index (χ2v) is 6.55. The number of pyridine rings is 1. The molecule has 0 fully saturated rings. The summed E-state index contributed by atoms with van der Waals surface area (Å²) in [6.07, 6.45) is 0. The molecule has 124 valence electrons. The molecule has 0 aliphatic rings. The van der Waals surface area contributed by atoms with Gasteiger partial charge in [0.05, 0.1) is 0 Å². The van der Waals surface area contributed by atoms with Crippen LogP contribution in [-0.4, -0.2) is 4.98 Å². The van der Waals surface area contributed by atoms with Crippen LogP contribution in [0, 0.1) is 39.0 Å². The van der Waals surface area contributed by atoms with E-state index >= 15 is 0 Å². The lowest BCUT2D eigenvalue weighted by atomic mass is 9.93. The molecular formula is C22H20N2O. The van der Waals surface area contributed by atoms with Gasteiger partial charge >= 0.3 is 0 Å². The largest absolute Gasteiger partial charge is 0.321 e. The van der Waals surface area contributed by atoms with Crippen LogP contribution in [0.2, 0.25) is 0 Å². The van der Waals surface area contributed by atoms with Crippen LogP contribution >= 0.6 is 0 Å². The predicted octanol–water partition coefficient (Wildman–Crippen LogP) is 4.81. The lowest BCUT2D eigenvalue weighted by molar-refractivity contribution is 1.21. The fourth-order valence-electron chi connectivity index (χ4n) is 3.17. The summed E-state index contributed by atoms with van der Waals surface area (Å²) < 4.78 is 0. The van der Waals surface area contributed by atoms with E-state index in [0.717, 1.165) is 33.5 Å². The van der Waals surface area contributed by atoms with Gasteiger partial charge < -0.3 is 4.98 Å². The average molecular weight is 328 g/mol. The number of aromatic amines is 1. The van der Waals surface area contributed by atoms with Crippen LogP contribution in [0.1, 0.15) is 27.8 Å². The average Bonchev–Trinajstić information content (AvgIpc) is 2.56. The number of nitriles is 1. The molecular weight excluding hydrogens is 308 g/mol. The van der Waals surface area contributed by atoms with Crippen molar-refractivity contribution in [1.82, 2.24) is 4.98 Å². The molecule has 0 saturated carbocycles. The summed E-state index contributed by atoms with van der Waals surface area (Å²) in [5, 5.41) is 9.50. The molecule has 1 aromatic heterocycles. The van der Waals surface area contributed by atoms with Gasteiger partial charge in [0.15, 0.2) is 0 Å². The monoisotopic (exact) mass is 328 g/mol. The maximum absolute atomic E-state index is 12.5. The Kier molecular flexibility index (Phi) is 4.29. The Balaban J connectivity index is 2.32. The first-order valence-electron chi connectivity index (χ1n) is 8.23. The van der Waals surface area contributed by atoms with Gasteiger partial charge in [0.2, 0.25) is 0 Å². The number of aryl methyl sites for hydroxylation is 4. The Morgan fingerprint density at radius 2 is 1.48 bits per heavy atom. The summed E-state index contributed by atoms with van der Waals surface area (Å²) in [4.78, 5) is 15.4. The van der Waals surface area contributed by atoms with Crippen molar-refractivity contribution in [3.8, 4) is 28.5 Å². The number of rotatable bonds is 2. The summed E-state index contributed by atoms with van der Waals surface area (Å²) in [5.41, 5.74) is 7.52. The van der Waals surface area contributed by atoms with E-state index in [0.29, 0.717) is 5.56 Å². The second kappa shape index (κ2) is 6.41. The first-order chi connectivity index (χ1) is 11.9. The number of aromatic nitrogens is 1. The van der Waals surface area contributed by atoms with Gasteiger partial charge in [0, 0.05) is 16.8 Å². The van der Waals surface area contributed by atoms with E-state index in [1.54, 1.807) is 0 Å². The summed E-state index contributed by atoms with van der Waals surface area (Å²) in [7, 11) is 0. The number of hydrogen-bond donors (Lipinski definition) is 1.